The highest BCUT2D eigenvalue weighted by molar-refractivity contribution is 6.20. The monoisotopic (exact) mass is 303 g/mol. The maximum atomic E-state index is 12.1. The number of rotatable bonds is 6. The van der Waals surface area contributed by atoms with Gasteiger partial charge in [0.2, 0.25) is 0 Å². The molecule has 1 aromatic rings. The van der Waals surface area contributed by atoms with E-state index in [1.165, 1.54) is 12.1 Å². The first-order chi connectivity index (χ1) is 10.5. The van der Waals surface area contributed by atoms with E-state index in [4.69, 9.17) is 9.57 Å². The van der Waals surface area contributed by atoms with Crippen LogP contribution in [0.3, 0.4) is 0 Å². The van der Waals surface area contributed by atoms with Crippen molar-refractivity contribution in [1.82, 2.24) is 5.06 Å². The molecule has 0 saturated carbocycles. The zero-order valence-electron chi connectivity index (χ0n) is 12.5. The smallest absolute Gasteiger partial charge is 0.336 e. The molecule has 1 aliphatic rings. The SMILES string of the molecule is C=C(C)C(CC(=O)ON1C(=O)c2ccccc2C1=O)OCC. The van der Waals surface area contributed by atoms with Crippen LogP contribution in [-0.2, 0) is 14.4 Å². The number of nitrogens with zero attached hydrogens (tertiary/aromatic N) is 1. The highest BCUT2D eigenvalue weighted by atomic mass is 16.7. The predicted molar refractivity (Wildman–Crippen MR) is 77.9 cm³/mol. The van der Waals surface area contributed by atoms with Gasteiger partial charge in [-0.2, -0.15) is 0 Å². The minimum Gasteiger partial charge on any atom is -0.374 e. The second-order valence-electron chi connectivity index (χ2n) is 4.91. The standard InChI is InChI=1S/C16H17NO5/c1-4-21-13(10(2)3)9-14(18)22-17-15(19)11-7-5-6-8-12(11)16(17)20/h5-8,13H,2,4,9H2,1,3H3. The Morgan fingerprint density at radius 2 is 1.77 bits per heavy atom. The van der Waals surface area contributed by atoms with Crippen LogP contribution in [0.2, 0.25) is 0 Å². The summed E-state index contributed by atoms with van der Waals surface area (Å²) in [5.41, 5.74) is 1.12. The fourth-order valence-corrected chi connectivity index (χ4v) is 2.12. The van der Waals surface area contributed by atoms with E-state index in [-0.39, 0.29) is 17.5 Å². The molecule has 2 rings (SSSR count). The van der Waals surface area contributed by atoms with Gasteiger partial charge in [0.1, 0.15) is 0 Å². The van der Waals surface area contributed by atoms with Crippen LogP contribution in [0.25, 0.3) is 0 Å². The molecule has 0 aromatic heterocycles. The number of hydrogen-bond acceptors (Lipinski definition) is 5. The Kier molecular flexibility index (Phi) is 4.72. The van der Waals surface area contributed by atoms with Crippen molar-refractivity contribution in [2.45, 2.75) is 26.4 Å². The normalized spacial score (nSPS) is 14.7. The lowest BCUT2D eigenvalue weighted by molar-refractivity contribution is -0.170. The fourth-order valence-electron chi connectivity index (χ4n) is 2.12. The van der Waals surface area contributed by atoms with Gasteiger partial charge in [-0.25, -0.2) is 4.79 Å². The van der Waals surface area contributed by atoms with E-state index in [2.05, 4.69) is 6.58 Å². The predicted octanol–water partition coefficient (Wildman–Crippen LogP) is 2.11. The average Bonchev–Trinajstić information content (AvgIpc) is 2.72. The van der Waals surface area contributed by atoms with Crippen LogP contribution in [0.15, 0.2) is 36.4 Å². The number of fused-ring (bicyclic) bond motifs is 1. The first kappa shape index (κ1) is 15.9. The molecular formula is C16H17NO5. The van der Waals surface area contributed by atoms with Crippen LogP contribution >= 0.6 is 0 Å². The van der Waals surface area contributed by atoms with Crippen molar-refractivity contribution in [3.8, 4) is 0 Å². The Hall–Kier alpha value is -2.47. The minimum absolute atomic E-state index is 0.115. The van der Waals surface area contributed by atoms with Gasteiger partial charge < -0.3 is 9.57 Å². The average molecular weight is 303 g/mol. The van der Waals surface area contributed by atoms with Gasteiger partial charge in [-0.05, 0) is 26.0 Å². The Morgan fingerprint density at radius 1 is 1.23 bits per heavy atom. The van der Waals surface area contributed by atoms with Crippen molar-refractivity contribution in [2.24, 2.45) is 0 Å². The zero-order valence-corrected chi connectivity index (χ0v) is 12.5. The van der Waals surface area contributed by atoms with Crippen molar-refractivity contribution >= 4 is 17.8 Å². The minimum atomic E-state index is -0.726. The largest absolute Gasteiger partial charge is 0.374 e. The third-order valence-electron chi connectivity index (χ3n) is 3.22. The molecule has 6 nitrogen and oxygen atoms in total. The van der Waals surface area contributed by atoms with E-state index < -0.39 is 23.9 Å². The summed E-state index contributed by atoms with van der Waals surface area (Å²) in [5.74, 6) is -2.01. The maximum absolute atomic E-state index is 12.1. The van der Waals surface area contributed by atoms with Gasteiger partial charge in [-0.15, -0.1) is 0 Å². The number of hydroxylamine groups is 2. The third kappa shape index (κ3) is 3.07. The van der Waals surface area contributed by atoms with Crippen LogP contribution in [0.5, 0.6) is 0 Å². The molecule has 1 heterocycles. The summed E-state index contributed by atoms with van der Waals surface area (Å²) in [5, 5.41) is 0.494. The lowest BCUT2D eigenvalue weighted by atomic mass is 10.1. The van der Waals surface area contributed by atoms with Gasteiger partial charge in [-0.1, -0.05) is 29.3 Å². The van der Waals surface area contributed by atoms with Crippen molar-refractivity contribution in [2.75, 3.05) is 6.61 Å². The summed E-state index contributed by atoms with van der Waals surface area (Å²) in [4.78, 5) is 41.0. The number of imide groups is 1. The molecule has 0 saturated heterocycles. The van der Waals surface area contributed by atoms with Gasteiger partial charge in [0, 0.05) is 6.61 Å². The molecule has 0 N–H and O–H groups in total. The van der Waals surface area contributed by atoms with E-state index in [1.807, 2.05) is 0 Å². The van der Waals surface area contributed by atoms with Crippen molar-refractivity contribution in [3.05, 3.63) is 47.5 Å². The molecule has 0 radical (unpaired) electrons. The summed E-state index contributed by atoms with van der Waals surface area (Å²) >= 11 is 0. The number of benzene rings is 1. The van der Waals surface area contributed by atoms with Gasteiger partial charge in [-0.3, -0.25) is 9.59 Å². The van der Waals surface area contributed by atoms with Crippen LogP contribution in [0.4, 0.5) is 0 Å². The molecule has 1 atom stereocenters. The van der Waals surface area contributed by atoms with Crippen LogP contribution in [0.1, 0.15) is 41.0 Å². The fraction of sp³-hybridized carbons (Fsp3) is 0.312. The van der Waals surface area contributed by atoms with Crippen LogP contribution < -0.4 is 0 Å². The number of carbonyl (C=O) groups excluding carboxylic acids is 3. The molecule has 6 heteroatoms. The molecule has 0 spiro atoms. The van der Waals surface area contributed by atoms with Crippen LogP contribution in [0, 0.1) is 0 Å². The molecule has 1 aromatic carbocycles. The third-order valence-corrected chi connectivity index (χ3v) is 3.22. The molecule has 2 amide bonds. The van der Waals surface area contributed by atoms with Crippen molar-refractivity contribution in [1.29, 1.82) is 0 Å². The molecular weight excluding hydrogens is 286 g/mol. The van der Waals surface area contributed by atoms with Crippen molar-refractivity contribution < 1.29 is 24.0 Å². The summed E-state index contributed by atoms with van der Waals surface area (Å²) in [6.45, 7) is 7.68. The summed E-state index contributed by atoms with van der Waals surface area (Å²) in [6.07, 6.45) is -0.621. The quantitative estimate of drug-likeness (QED) is 0.594. The molecule has 1 unspecified atom stereocenters. The maximum Gasteiger partial charge on any atom is 0.336 e. The van der Waals surface area contributed by atoms with E-state index >= 15 is 0 Å². The zero-order chi connectivity index (χ0) is 16.3. The Morgan fingerprint density at radius 3 is 2.23 bits per heavy atom. The number of ether oxygens (including phenoxy) is 1. The molecule has 0 bridgehead atoms. The lowest BCUT2D eigenvalue weighted by Crippen LogP contribution is -2.34. The Balaban J connectivity index is 2.06. The molecule has 0 fully saturated rings. The highest BCUT2D eigenvalue weighted by Crippen LogP contribution is 2.23. The first-order valence-electron chi connectivity index (χ1n) is 6.91. The number of amides is 2. The Labute approximate surface area is 128 Å². The molecule has 22 heavy (non-hydrogen) atoms. The van der Waals surface area contributed by atoms with Gasteiger partial charge >= 0.3 is 5.97 Å². The highest BCUT2D eigenvalue weighted by Gasteiger charge is 2.38. The second-order valence-corrected chi connectivity index (χ2v) is 4.91. The van der Waals surface area contributed by atoms with Crippen molar-refractivity contribution in [3.63, 3.8) is 0 Å². The number of hydrogen-bond donors (Lipinski definition) is 0. The molecule has 1 aliphatic heterocycles. The molecule has 0 aliphatic carbocycles. The van der Waals surface area contributed by atoms with E-state index in [9.17, 15) is 14.4 Å². The summed E-state index contributed by atoms with van der Waals surface area (Å²) in [6, 6.07) is 6.31. The number of carbonyl (C=O) groups is 3. The summed E-state index contributed by atoms with van der Waals surface area (Å²) < 4.78 is 5.37. The van der Waals surface area contributed by atoms with E-state index in [1.54, 1.807) is 26.0 Å². The van der Waals surface area contributed by atoms with Gasteiger partial charge in [0.25, 0.3) is 11.8 Å². The van der Waals surface area contributed by atoms with Gasteiger partial charge in [0.05, 0.1) is 23.7 Å². The summed E-state index contributed by atoms with van der Waals surface area (Å²) in [7, 11) is 0. The Bertz CT molecular complexity index is 602. The lowest BCUT2D eigenvalue weighted by Gasteiger charge is -2.18. The first-order valence-corrected chi connectivity index (χ1v) is 6.91. The van der Waals surface area contributed by atoms with E-state index in [0.717, 1.165) is 0 Å². The molecule has 116 valence electrons. The van der Waals surface area contributed by atoms with E-state index in [0.29, 0.717) is 17.2 Å². The van der Waals surface area contributed by atoms with Crippen LogP contribution in [-0.4, -0.2) is 35.6 Å². The second kappa shape index (κ2) is 6.53. The topological polar surface area (TPSA) is 72.9 Å². The van der Waals surface area contributed by atoms with Gasteiger partial charge in [0.15, 0.2) is 0 Å².